The summed E-state index contributed by atoms with van der Waals surface area (Å²) < 4.78 is 11.0. The Kier molecular flexibility index (Phi) is 12.2. The molecule has 2 aliphatic heterocycles. The van der Waals surface area contributed by atoms with Crippen LogP contribution in [0.2, 0.25) is 0 Å². The summed E-state index contributed by atoms with van der Waals surface area (Å²) in [6.45, 7) is 2.12. The molecule has 0 aromatic rings. The third-order valence-electron chi connectivity index (χ3n) is 6.19. The van der Waals surface area contributed by atoms with Crippen LogP contribution >= 0.6 is 0 Å². The Morgan fingerprint density at radius 3 is 1.97 bits per heavy atom. The maximum atomic E-state index is 12.2. The van der Waals surface area contributed by atoms with Crippen LogP contribution < -0.4 is 0 Å². The lowest BCUT2D eigenvalue weighted by molar-refractivity contribution is -0.493. The number of unbranched alkanes of at least 4 members (excludes halogenated alkanes) is 12. The standard InChI is InChI=1S/C23H42O7/c1-2-3-4-5-6-7-8-9-10-11-12-13-14-15-20(26)29-21-19(25)16-27-22(21)23(17-24)18-28-30-23/h19,21-22,24-25H,2-18H2,1H3/t19-,21+,22-,23-/m0/s1. The van der Waals surface area contributed by atoms with Crippen molar-refractivity contribution in [3.63, 3.8) is 0 Å². The molecular weight excluding hydrogens is 388 g/mol. The normalized spacial score (nSPS) is 28.4. The molecule has 2 rings (SSSR count). The molecule has 30 heavy (non-hydrogen) atoms. The van der Waals surface area contributed by atoms with E-state index in [1.807, 2.05) is 0 Å². The van der Waals surface area contributed by atoms with Crippen LogP contribution in [0.15, 0.2) is 0 Å². The van der Waals surface area contributed by atoms with Crippen molar-refractivity contribution < 1.29 is 34.3 Å². The summed E-state index contributed by atoms with van der Waals surface area (Å²) in [5, 5.41) is 19.7. The molecule has 7 nitrogen and oxygen atoms in total. The number of aliphatic hydroxyl groups is 2. The van der Waals surface area contributed by atoms with E-state index < -0.39 is 23.9 Å². The molecule has 2 aliphatic rings. The summed E-state index contributed by atoms with van der Waals surface area (Å²) in [5.74, 6) is -0.342. The highest BCUT2D eigenvalue weighted by Crippen LogP contribution is 2.35. The maximum Gasteiger partial charge on any atom is 0.306 e. The number of ether oxygens (including phenoxy) is 2. The van der Waals surface area contributed by atoms with E-state index >= 15 is 0 Å². The largest absolute Gasteiger partial charge is 0.457 e. The zero-order valence-corrected chi connectivity index (χ0v) is 18.7. The van der Waals surface area contributed by atoms with Crippen LogP contribution in [0.3, 0.4) is 0 Å². The Morgan fingerprint density at radius 1 is 0.967 bits per heavy atom. The van der Waals surface area contributed by atoms with Crippen molar-refractivity contribution in [1.82, 2.24) is 0 Å². The van der Waals surface area contributed by atoms with Crippen LogP contribution in [0.1, 0.15) is 96.8 Å². The van der Waals surface area contributed by atoms with Gasteiger partial charge in [0.05, 0.1) is 13.2 Å². The first-order valence-electron chi connectivity index (χ1n) is 12.0. The second kappa shape index (κ2) is 14.4. The van der Waals surface area contributed by atoms with E-state index in [0.29, 0.717) is 6.42 Å². The fraction of sp³-hybridized carbons (Fsp3) is 0.957. The predicted molar refractivity (Wildman–Crippen MR) is 113 cm³/mol. The summed E-state index contributed by atoms with van der Waals surface area (Å²) in [6, 6.07) is 0. The topological polar surface area (TPSA) is 94.5 Å². The predicted octanol–water partition coefficient (Wildman–Crippen LogP) is 3.83. The lowest BCUT2D eigenvalue weighted by atomic mass is 9.92. The molecule has 0 aromatic heterocycles. The van der Waals surface area contributed by atoms with Gasteiger partial charge in [-0.2, -0.15) is 0 Å². The molecule has 2 N–H and O–H groups in total. The van der Waals surface area contributed by atoms with Crippen molar-refractivity contribution in [1.29, 1.82) is 0 Å². The molecule has 0 unspecified atom stereocenters. The van der Waals surface area contributed by atoms with Crippen LogP contribution in [-0.4, -0.2) is 59.9 Å². The van der Waals surface area contributed by atoms with Gasteiger partial charge in [0.15, 0.2) is 11.7 Å². The summed E-state index contributed by atoms with van der Waals surface area (Å²) in [5.41, 5.74) is -1.06. The van der Waals surface area contributed by atoms with E-state index in [-0.39, 0.29) is 25.8 Å². The molecule has 0 spiro atoms. The van der Waals surface area contributed by atoms with Crippen molar-refractivity contribution in [3.05, 3.63) is 0 Å². The first-order chi connectivity index (χ1) is 14.6. The number of aliphatic hydroxyl groups excluding tert-OH is 2. The molecule has 0 aromatic carbocycles. The van der Waals surface area contributed by atoms with Crippen LogP contribution in [0.25, 0.3) is 0 Å². The molecule has 2 fully saturated rings. The molecule has 0 aliphatic carbocycles. The van der Waals surface area contributed by atoms with Gasteiger partial charge >= 0.3 is 5.97 Å². The van der Waals surface area contributed by atoms with Crippen molar-refractivity contribution in [2.75, 3.05) is 19.8 Å². The average molecular weight is 431 g/mol. The van der Waals surface area contributed by atoms with Crippen LogP contribution in [0.4, 0.5) is 0 Å². The van der Waals surface area contributed by atoms with E-state index in [0.717, 1.165) is 19.3 Å². The van der Waals surface area contributed by atoms with E-state index in [1.54, 1.807) is 0 Å². The Bertz CT molecular complexity index is 461. The monoisotopic (exact) mass is 430 g/mol. The highest BCUT2D eigenvalue weighted by atomic mass is 17.3. The summed E-state index contributed by atoms with van der Waals surface area (Å²) in [7, 11) is 0. The minimum absolute atomic E-state index is 0.0481. The SMILES string of the molecule is CCCCCCCCCCCCCCCC(=O)O[C@@H]1[C@@H](O)CO[C@@H]1[C@]1(CO)COO1. The summed E-state index contributed by atoms with van der Waals surface area (Å²) in [4.78, 5) is 21.9. The van der Waals surface area contributed by atoms with Gasteiger partial charge in [-0.3, -0.25) is 4.79 Å². The van der Waals surface area contributed by atoms with Gasteiger partial charge in [0.2, 0.25) is 0 Å². The molecule has 2 saturated heterocycles. The molecular formula is C23H42O7. The Morgan fingerprint density at radius 2 is 1.50 bits per heavy atom. The Balaban J connectivity index is 1.47. The molecule has 2 heterocycles. The van der Waals surface area contributed by atoms with Crippen molar-refractivity contribution in [3.8, 4) is 0 Å². The lowest BCUT2D eigenvalue weighted by Crippen LogP contribution is -2.63. The second-order valence-corrected chi connectivity index (χ2v) is 8.84. The van der Waals surface area contributed by atoms with E-state index in [2.05, 4.69) is 6.92 Å². The fourth-order valence-electron chi connectivity index (χ4n) is 4.18. The second-order valence-electron chi connectivity index (χ2n) is 8.84. The van der Waals surface area contributed by atoms with Gasteiger partial charge in [-0.25, -0.2) is 9.78 Å². The highest BCUT2D eigenvalue weighted by Gasteiger charge is 2.58. The molecule has 0 radical (unpaired) electrons. The van der Waals surface area contributed by atoms with Gasteiger partial charge in [-0.05, 0) is 6.42 Å². The number of hydrogen-bond acceptors (Lipinski definition) is 7. The van der Waals surface area contributed by atoms with Crippen molar-refractivity contribution >= 4 is 5.97 Å². The van der Waals surface area contributed by atoms with Gasteiger partial charge in [0.25, 0.3) is 0 Å². The van der Waals surface area contributed by atoms with Gasteiger partial charge in [-0.15, -0.1) is 0 Å². The maximum absolute atomic E-state index is 12.2. The number of carbonyl (C=O) groups excluding carboxylic acids is 1. The number of hydrogen-bond donors (Lipinski definition) is 2. The van der Waals surface area contributed by atoms with Crippen LogP contribution in [-0.2, 0) is 24.0 Å². The Hall–Kier alpha value is -0.730. The fourth-order valence-corrected chi connectivity index (χ4v) is 4.18. The smallest absolute Gasteiger partial charge is 0.306 e. The number of rotatable bonds is 17. The van der Waals surface area contributed by atoms with Gasteiger partial charge in [0.1, 0.15) is 18.8 Å². The van der Waals surface area contributed by atoms with Gasteiger partial charge < -0.3 is 19.7 Å². The molecule has 4 atom stereocenters. The van der Waals surface area contributed by atoms with Gasteiger partial charge in [0, 0.05) is 6.42 Å². The van der Waals surface area contributed by atoms with Crippen molar-refractivity contribution in [2.24, 2.45) is 0 Å². The minimum atomic E-state index is -1.06. The summed E-state index contributed by atoms with van der Waals surface area (Å²) in [6.07, 6.45) is 14.1. The van der Waals surface area contributed by atoms with E-state index in [4.69, 9.17) is 19.2 Å². The highest BCUT2D eigenvalue weighted by molar-refractivity contribution is 5.69. The van der Waals surface area contributed by atoms with Crippen molar-refractivity contribution in [2.45, 2.75) is 121 Å². The van der Waals surface area contributed by atoms with Crippen LogP contribution in [0.5, 0.6) is 0 Å². The third-order valence-corrected chi connectivity index (χ3v) is 6.19. The molecule has 7 heteroatoms. The average Bonchev–Trinajstić information content (AvgIpc) is 3.06. The van der Waals surface area contributed by atoms with E-state index in [9.17, 15) is 15.0 Å². The lowest BCUT2D eigenvalue weighted by Gasteiger charge is -2.43. The summed E-state index contributed by atoms with van der Waals surface area (Å²) >= 11 is 0. The van der Waals surface area contributed by atoms with Gasteiger partial charge in [-0.1, -0.05) is 84.0 Å². The first kappa shape index (κ1) is 25.5. The quantitative estimate of drug-likeness (QED) is 0.206. The Labute approximate surface area is 181 Å². The zero-order chi connectivity index (χ0) is 21.7. The number of esters is 1. The molecule has 0 saturated carbocycles. The zero-order valence-electron chi connectivity index (χ0n) is 18.7. The molecule has 0 bridgehead atoms. The third kappa shape index (κ3) is 8.08. The first-order valence-corrected chi connectivity index (χ1v) is 12.0. The van der Waals surface area contributed by atoms with Crippen LogP contribution in [0, 0.1) is 0 Å². The number of carbonyl (C=O) groups is 1. The van der Waals surface area contributed by atoms with E-state index in [1.165, 1.54) is 64.2 Å². The minimum Gasteiger partial charge on any atom is -0.457 e. The molecule has 176 valence electrons. The molecule has 0 amide bonds.